The Labute approximate surface area is 171 Å². The van der Waals surface area contributed by atoms with Gasteiger partial charge in [0.25, 0.3) is 0 Å². The van der Waals surface area contributed by atoms with Crippen molar-refractivity contribution in [3.05, 3.63) is 89.1 Å². The first-order valence-electron chi connectivity index (χ1n) is 9.25. The third kappa shape index (κ3) is 2.79. The quantitative estimate of drug-likeness (QED) is 0.288. The van der Waals surface area contributed by atoms with Crippen LogP contribution >= 0.6 is 11.3 Å². The number of anilines is 2. The Balaban J connectivity index is 1.98. The Kier molecular flexibility index (Phi) is 4.11. The second kappa shape index (κ2) is 6.79. The molecule has 1 aliphatic carbocycles. The van der Waals surface area contributed by atoms with Crippen LogP contribution in [0.5, 0.6) is 0 Å². The number of aromatic nitrogens is 1. The molecule has 4 nitrogen and oxygen atoms in total. The summed E-state index contributed by atoms with van der Waals surface area (Å²) in [6.45, 7) is 1.48. The fraction of sp³-hybridized carbons (Fsp3) is 0.0417. The first kappa shape index (κ1) is 17.5. The van der Waals surface area contributed by atoms with Gasteiger partial charge in [0.2, 0.25) is 11.3 Å². The monoisotopic (exact) mass is 396 g/mol. The lowest BCUT2D eigenvalue weighted by molar-refractivity contribution is -0.115. The van der Waals surface area contributed by atoms with Crippen molar-refractivity contribution < 1.29 is 4.79 Å². The van der Waals surface area contributed by atoms with Crippen LogP contribution in [0.1, 0.15) is 6.92 Å². The van der Waals surface area contributed by atoms with Crippen LogP contribution in [0, 0.1) is 0 Å². The average Bonchev–Trinajstić information content (AvgIpc) is 2.76. The van der Waals surface area contributed by atoms with Gasteiger partial charge in [-0.05, 0) is 24.3 Å². The normalized spacial score (nSPS) is 11.2. The van der Waals surface area contributed by atoms with Crippen LogP contribution in [-0.2, 0) is 4.79 Å². The van der Waals surface area contributed by atoms with Crippen molar-refractivity contribution in [2.75, 3.05) is 4.90 Å². The number of amides is 1. The molecule has 1 aliphatic heterocycles. The van der Waals surface area contributed by atoms with Crippen LogP contribution in [0.15, 0.2) is 83.7 Å². The van der Waals surface area contributed by atoms with E-state index in [1.54, 1.807) is 6.07 Å². The summed E-state index contributed by atoms with van der Waals surface area (Å²) >= 11 is 1.49. The van der Waals surface area contributed by atoms with E-state index < -0.39 is 0 Å². The lowest BCUT2D eigenvalue weighted by Gasteiger charge is -2.24. The van der Waals surface area contributed by atoms with Gasteiger partial charge in [-0.25, -0.2) is 4.98 Å². The molecule has 3 aromatic carbocycles. The molecular weight excluding hydrogens is 380 g/mol. The molecule has 29 heavy (non-hydrogen) atoms. The van der Waals surface area contributed by atoms with Crippen molar-refractivity contribution >= 4 is 49.6 Å². The molecule has 0 N–H and O–H groups in total. The van der Waals surface area contributed by atoms with Gasteiger partial charge in [0.15, 0.2) is 0 Å². The van der Waals surface area contributed by atoms with Crippen molar-refractivity contribution in [3.8, 4) is 10.6 Å². The summed E-state index contributed by atoms with van der Waals surface area (Å²) in [5, 5.41) is 1.36. The van der Waals surface area contributed by atoms with E-state index in [4.69, 9.17) is 4.98 Å². The Morgan fingerprint density at radius 2 is 1.52 bits per heavy atom. The van der Waals surface area contributed by atoms with E-state index in [9.17, 15) is 9.59 Å². The Hall–Kier alpha value is -3.57. The molecule has 1 amide bonds. The second-order valence-electron chi connectivity index (χ2n) is 6.77. The third-order valence-corrected chi connectivity index (χ3v) is 6.09. The topological polar surface area (TPSA) is 50.3 Å². The summed E-state index contributed by atoms with van der Waals surface area (Å²) in [4.78, 5) is 33.4. The van der Waals surface area contributed by atoms with Crippen molar-refractivity contribution in [2.45, 2.75) is 6.92 Å². The molecule has 0 saturated carbocycles. The molecule has 0 fully saturated rings. The number of para-hydroxylation sites is 2. The van der Waals surface area contributed by atoms with E-state index in [1.165, 1.54) is 23.2 Å². The fourth-order valence-electron chi connectivity index (χ4n) is 3.68. The number of carbonyl (C=O) groups is 1. The van der Waals surface area contributed by atoms with Gasteiger partial charge in [-0.1, -0.05) is 54.6 Å². The Bertz CT molecular complexity index is 1410. The average molecular weight is 396 g/mol. The van der Waals surface area contributed by atoms with Gasteiger partial charge in [-0.2, -0.15) is 0 Å². The number of rotatable bonds is 2. The predicted molar refractivity (Wildman–Crippen MR) is 119 cm³/mol. The van der Waals surface area contributed by atoms with E-state index >= 15 is 0 Å². The third-order valence-electron chi connectivity index (χ3n) is 4.93. The number of nitrogens with zero attached hydrogens (tertiary/aromatic N) is 2. The Morgan fingerprint density at radius 1 is 0.862 bits per heavy atom. The highest BCUT2D eigenvalue weighted by Gasteiger charge is 2.27. The maximum atomic E-state index is 13.6. The van der Waals surface area contributed by atoms with Gasteiger partial charge < -0.3 is 0 Å². The maximum Gasteiger partial charge on any atom is 0.228 e. The highest BCUT2D eigenvalue weighted by Crippen LogP contribution is 2.42. The smallest absolute Gasteiger partial charge is 0.228 e. The molecule has 3 aromatic rings. The molecule has 140 valence electrons. The molecule has 0 radical (unpaired) electrons. The zero-order valence-corrected chi connectivity index (χ0v) is 16.4. The lowest BCUT2D eigenvalue weighted by Crippen LogP contribution is -2.29. The van der Waals surface area contributed by atoms with E-state index in [2.05, 4.69) is 0 Å². The predicted octanol–water partition coefficient (Wildman–Crippen LogP) is 5.60. The number of carbonyl (C=O) groups excluding carboxylic acids is 1. The first-order valence-corrected chi connectivity index (χ1v) is 10.1. The summed E-state index contributed by atoms with van der Waals surface area (Å²) in [7, 11) is 0. The van der Waals surface area contributed by atoms with E-state index in [-0.39, 0.29) is 11.3 Å². The summed E-state index contributed by atoms with van der Waals surface area (Å²) in [5.41, 5.74) is 2.46. The molecule has 2 aliphatic rings. The number of benzene rings is 4. The largest absolute Gasteiger partial charge is 0.287 e. The molecule has 0 atom stereocenters. The van der Waals surface area contributed by atoms with Gasteiger partial charge in [0.05, 0.1) is 20.8 Å². The van der Waals surface area contributed by atoms with Crippen molar-refractivity contribution in [3.63, 3.8) is 0 Å². The van der Waals surface area contributed by atoms with Gasteiger partial charge in [-0.15, -0.1) is 11.3 Å². The van der Waals surface area contributed by atoms with Crippen molar-refractivity contribution in [1.29, 1.82) is 0 Å². The molecule has 5 heteroatoms. The summed E-state index contributed by atoms with van der Waals surface area (Å²) in [6, 6.07) is 24.6. The SMILES string of the molecule is CC(=O)N(c1ccccc1)c1c2sc3ccccc3nc-2c2ccccc2c1=O. The summed E-state index contributed by atoms with van der Waals surface area (Å²) in [6.07, 6.45) is 0. The maximum absolute atomic E-state index is 13.6. The minimum absolute atomic E-state index is 0.166. The minimum Gasteiger partial charge on any atom is -0.287 e. The number of hydrogen-bond acceptors (Lipinski definition) is 4. The zero-order chi connectivity index (χ0) is 20.0. The van der Waals surface area contributed by atoms with E-state index in [0.717, 1.165) is 21.3 Å². The lowest BCUT2D eigenvalue weighted by atomic mass is 10.0. The zero-order valence-electron chi connectivity index (χ0n) is 15.6. The minimum atomic E-state index is -0.217. The molecule has 0 saturated heterocycles. The van der Waals surface area contributed by atoms with Crippen molar-refractivity contribution in [1.82, 2.24) is 4.98 Å². The van der Waals surface area contributed by atoms with Gasteiger partial charge >= 0.3 is 0 Å². The Morgan fingerprint density at radius 3 is 2.28 bits per heavy atom. The highest BCUT2D eigenvalue weighted by atomic mass is 32.1. The molecule has 0 spiro atoms. The van der Waals surface area contributed by atoms with Gasteiger partial charge in [0, 0.05) is 23.4 Å². The molecular formula is C24H16N2O2S. The number of hydrogen-bond donors (Lipinski definition) is 0. The van der Waals surface area contributed by atoms with Crippen molar-refractivity contribution in [2.24, 2.45) is 0 Å². The second-order valence-corrected chi connectivity index (χ2v) is 7.82. The van der Waals surface area contributed by atoms with Crippen LogP contribution in [0.3, 0.4) is 0 Å². The fourth-order valence-corrected chi connectivity index (χ4v) is 4.79. The molecule has 0 aromatic heterocycles. The standard InChI is InChI=1S/C24H16N2O2S/c1-15(27)26(16-9-3-2-4-10-16)22-23(28)18-12-6-5-11-17(18)21-24(22)29-20-14-8-7-13-19(20)25-21/h2-14H,1H3. The first-order chi connectivity index (χ1) is 14.1. The molecule has 1 heterocycles. The van der Waals surface area contributed by atoms with Crippen LogP contribution < -0.4 is 10.3 Å². The molecule has 0 unspecified atom stereocenters. The van der Waals surface area contributed by atoms with Crippen LogP contribution in [0.4, 0.5) is 11.4 Å². The van der Waals surface area contributed by atoms with Crippen LogP contribution in [0.2, 0.25) is 0 Å². The van der Waals surface area contributed by atoms with Gasteiger partial charge in [-0.3, -0.25) is 14.5 Å². The summed E-state index contributed by atoms with van der Waals surface area (Å²) < 4.78 is 0.965. The summed E-state index contributed by atoms with van der Waals surface area (Å²) in [5.74, 6) is -0.217. The van der Waals surface area contributed by atoms with Crippen LogP contribution in [-0.4, -0.2) is 10.9 Å². The van der Waals surface area contributed by atoms with E-state index in [0.29, 0.717) is 21.6 Å². The molecule has 5 rings (SSSR count). The number of fused-ring (bicyclic) bond motifs is 4. The molecule has 0 bridgehead atoms. The van der Waals surface area contributed by atoms with Gasteiger partial charge in [0.1, 0.15) is 5.69 Å². The van der Waals surface area contributed by atoms with E-state index in [1.807, 2.05) is 72.8 Å². The highest BCUT2D eigenvalue weighted by molar-refractivity contribution is 7.22. The van der Waals surface area contributed by atoms with Crippen LogP contribution in [0.25, 0.3) is 31.6 Å².